The van der Waals surface area contributed by atoms with Crippen molar-refractivity contribution < 1.29 is 9.59 Å². The van der Waals surface area contributed by atoms with Crippen LogP contribution in [0.1, 0.15) is 52.7 Å². The smallest absolute Gasteiger partial charge is 0.181 e. The molecular formula is C25H23N3O2. The zero-order chi connectivity index (χ0) is 20.9. The van der Waals surface area contributed by atoms with Gasteiger partial charge in [0.05, 0.1) is 5.69 Å². The van der Waals surface area contributed by atoms with Crippen molar-refractivity contribution in [2.45, 2.75) is 32.6 Å². The summed E-state index contributed by atoms with van der Waals surface area (Å²) in [6.07, 6.45) is 7.57. The number of benzene rings is 1. The highest BCUT2D eigenvalue weighted by molar-refractivity contribution is 6.00. The molecule has 0 aliphatic carbocycles. The number of ketones is 2. The number of hydrogen-bond acceptors (Lipinski definition) is 4. The van der Waals surface area contributed by atoms with Gasteiger partial charge in [-0.2, -0.15) is 0 Å². The molecule has 5 heteroatoms. The third-order valence-corrected chi connectivity index (χ3v) is 5.17. The summed E-state index contributed by atoms with van der Waals surface area (Å²) in [6.45, 7) is 2.00. The Bertz CT molecular complexity index is 1200. The molecule has 1 aromatic carbocycles. The van der Waals surface area contributed by atoms with Crippen molar-refractivity contribution in [3.63, 3.8) is 0 Å². The van der Waals surface area contributed by atoms with Crippen LogP contribution in [0, 0.1) is 0 Å². The highest BCUT2D eigenvalue weighted by atomic mass is 16.1. The standard InChI is InChI=1S/C25H23N3O2/c1-2-3-24(29)23-16-20-14-18(5-6-21(20)28-23)19-10-13-27-22(15-19)25(30)7-4-17-8-11-26-12-9-17/h5-6,8-16,28H,2-4,7H2,1H3. The van der Waals surface area contributed by atoms with Gasteiger partial charge in [0.25, 0.3) is 0 Å². The van der Waals surface area contributed by atoms with E-state index in [1.165, 1.54) is 0 Å². The number of aromatic nitrogens is 3. The summed E-state index contributed by atoms with van der Waals surface area (Å²) in [5, 5.41) is 0.981. The van der Waals surface area contributed by atoms with Gasteiger partial charge in [-0.15, -0.1) is 0 Å². The summed E-state index contributed by atoms with van der Waals surface area (Å²) >= 11 is 0. The number of aryl methyl sites for hydroxylation is 1. The van der Waals surface area contributed by atoms with Crippen LogP contribution in [0.5, 0.6) is 0 Å². The number of Topliss-reactive ketones (excluding diaryl/α,β-unsaturated/α-hetero) is 2. The number of pyridine rings is 2. The van der Waals surface area contributed by atoms with Gasteiger partial charge < -0.3 is 4.98 Å². The lowest BCUT2D eigenvalue weighted by molar-refractivity contribution is 0.0970. The first-order valence-corrected chi connectivity index (χ1v) is 10.2. The van der Waals surface area contributed by atoms with E-state index in [2.05, 4.69) is 15.0 Å². The largest absolute Gasteiger partial charge is 0.352 e. The van der Waals surface area contributed by atoms with Crippen LogP contribution in [0.2, 0.25) is 0 Å². The van der Waals surface area contributed by atoms with E-state index in [0.29, 0.717) is 30.7 Å². The lowest BCUT2D eigenvalue weighted by Crippen LogP contribution is -2.04. The van der Waals surface area contributed by atoms with Crippen LogP contribution in [-0.2, 0) is 6.42 Å². The van der Waals surface area contributed by atoms with E-state index in [0.717, 1.165) is 34.0 Å². The second-order valence-corrected chi connectivity index (χ2v) is 7.37. The van der Waals surface area contributed by atoms with Crippen LogP contribution in [0.15, 0.2) is 67.1 Å². The summed E-state index contributed by atoms with van der Waals surface area (Å²) in [4.78, 5) is 36.3. The average Bonchev–Trinajstić information content (AvgIpc) is 3.22. The summed E-state index contributed by atoms with van der Waals surface area (Å²) in [5.41, 5.74) is 5.05. The fraction of sp³-hybridized carbons (Fsp3) is 0.200. The van der Waals surface area contributed by atoms with E-state index in [9.17, 15) is 9.59 Å². The summed E-state index contributed by atoms with van der Waals surface area (Å²) in [6, 6.07) is 15.5. The van der Waals surface area contributed by atoms with Crippen LogP contribution >= 0.6 is 0 Å². The minimum absolute atomic E-state index is 0.0174. The van der Waals surface area contributed by atoms with E-state index < -0.39 is 0 Å². The Morgan fingerprint density at radius 3 is 2.47 bits per heavy atom. The fourth-order valence-electron chi connectivity index (χ4n) is 3.52. The van der Waals surface area contributed by atoms with Gasteiger partial charge in [-0.3, -0.25) is 19.6 Å². The molecule has 0 radical (unpaired) electrons. The number of nitrogens with one attached hydrogen (secondary N) is 1. The number of hydrogen-bond donors (Lipinski definition) is 1. The van der Waals surface area contributed by atoms with Gasteiger partial charge >= 0.3 is 0 Å². The minimum Gasteiger partial charge on any atom is -0.352 e. The number of carbonyl (C=O) groups excluding carboxylic acids is 2. The highest BCUT2D eigenvalue weighted by Gasteiger charge is 2.12. The first-order valence-electron chi connectivity index (χ1n) is 10.2. The maximum Gasteiger partial charge on any atom is 0.181 e. The Kier molecular flexibility index (Phi) is 5.80. The number of fused-ring (bicyclic) bond motifs is 1. The number of nitrogens with zero attached hydrogens (tertiary/aromatic N) is 2. The molecule has 4 rings (SSSR count). The van der Waals surface area contributed by atoms with Crippen molar-refractivity contribution in [3.05, 3.63) is 84.1 Å². The zero-order valence-corrected chi connectivity index (χ0v) is 16.9. The predicted molar refractivity (Wildman–Crippen MR) is 118 cm³/mol. The molecule has 0 spiro atoms. The Morgan fingerprint density at radius 1 is 0.867 bits per heavy atom. The molecule has 0 unspecified atom stereocenters. The molecule has 150 valence electrons. The van der Waals surface area contributed by atoms with Crippen molar-refractivity contribution in [1.82, 2.24) is 15.0 Å². The molecule has 4 aromatic rings. The molecule has 0 aliphatic heterocycles. The maximum atomic E-state index is 12.6. The van der Waals surface area contributed by atoms with Gasteiger partial charge in [-0.1, -0.05) is 13.0 Å². The SMILES string of the molecule is CCCC(=O)c1cc2cc(-c3ccnc(C(=O)CCc4ccncc4)c3)ccc2[nH]1. The molecule has 30 heavy (non-hydrogen) atoms. The molecule has 1 N–H and O–H groups in total. The van der Waals surface area contributed by atoms with Crippen LogP contribution < -0.4 is 0 Å². The Hall–Kier alpha value is -3.60. The van der Waals surface area contributed by atoms with Crippen molar-refractivity contribution in [1.29, 1.82) is 0 Å². The maximum absolute atomic E-state index is 12.6. The van der Waals surface area contributed by atoms with Crippen LogP contribution in [0.4, 0.5) is 0 Å². The Morgan fingerprint density at radius 2 is 1.67 bits per heavy atom. The van der Waals surface area contributed by atoms with Gasteiger partial charge in [-0.05, 0) is 72.0 Å². The molecule has 0 saturated heterocycles. The molecule has 0 aliphatic rings. The van der Waals surface area contributed by atoms with Gasteiger partial charge in [0.1, 0.15) is 5.69 Å². The molecule has 3 aromatic heterocycles. The van der Waals surface area contributed by atoms with Crippen LogP contribution in [-0.4, -0.2) is 26.5 Å². The van der Waals surface area contributed by atoms with Gasteiger partial charge in [0.2, 0.25) is 0 Å². The van der Waals surface area contributed by atoms with Crippen molar-refractivity contribution in [2.24, 2.45) is 0 Å². The number of aromatic amines is 1. The fourth-order valence-corrected chi connectivity index (χ4v) is 3.52. The summed E-state index contributed by atoms with van der Waals surface area (Å²) in [5.74, 6) is 0.144. The van der Waals surface area contributed by atoms with Crippen LogP contribution in [0.3, 0.4) is 0 Å². The molecule has 0 fully saturated rings. The minimum atomic E-state index is 0.0174. The third kappa shape index (κ3) is 4.35. The zero-order valence-electron chi connectivity index (χ0n) is 16.9. The van der Waals surface area contributed by atoms with E-state index >= 15 is 0 Å². The molecule has 5 nitrogen and oxygen atoms in total. The highest BCUT2D eigenvalue weighted by Crippen LogP contribution is 2.26. The third-order valence-electron chi connectivity index (χ3n) is 5.17. The molecule has 0 bridgehead atoms. The first kappa shape index (κ1) is 19.7. The molecule has 0 amide bonds. The van der Waals surface area contributed by atoms with Crippen molar-refractivity contribution >= 4 is 22.5 Å². The second-order valence-electron chi connectivity index (χ2n) is 7.37. The van der Waals surface area contributed by atoms with Crippen LogP contribution in [0.25, 0.3) is 22.0 Å². The van der Waals surface area contributed by atoms with E-state index in [1.807, 2.05) is 55.5 Å². The molecule has 0 atom stereocenters. The summed E-state index contributed by atoms with van der Waals surface area (Å²) < 4.78 is 0. The Labute approximate surface area is 175 Å². The second kappa shape index (κ2) is 8.82. The number of carbonyl (C=O) groups is 2. The van der Waals surface area contributed by atoms with Gasteiger partial charge in [0, 0.05) is 42.3 Å². The average molecular weight is 397 g/mol. The van der Waals surface area contributed by atoms with Gasteiger partial charge in [-0.25, -0.2) is 0 Å². The normalized spacial score (nSPS) is 11.0. The monoisotopic (exact) mass is 397 g/mol. The predicted octanol–water partition coefficient (Wildman–Crippen LogP) is 5.42. The lowest BCUT2D eigenvalue weighted by atomic mass is 10.0. The topological polar surface area (TPSA) is 75.7 Å². The van der Waals surface area contributed by atoms with Gasteiger partial charge in [0.15, 0.2) is 11.6 Å². The Balaban J connectivity index is 1.54. The van der Waals surface area contributed by atoms with E-state index in [1.54, 1.807) is 18.6 Å². The number of rotatable bonds is 8. The van der Waals surface area contributed by atoms with E-state index in [4.69, 9.17) is 0 Å². The summed E-state index contributed by atoms with van der Waals surface area (Å²) in [7, 11) is 0. The molecule has 3 heterocycles. The van der Waals surface area contributed by atoms with Crippen molar-refractivity contribution in [2.75, 3.05) is 0 Å². The first-order chi connectivity index (χ1) is 14.6. The lowest BCUT2D eigenvalue weighted by Gasteiger charge is -2.05. The van der Waals surface area contributed by atoms with Crippen molar-refractivity contribution in [3.8, 4) is 11.1 Å². The molecule has 0 saturated carbocycles. The quantitative estimate of drug-likeness (QED) is 0.403. The number of H-pyrrole nitrogens is 1. The molecular weight excluding hydrogens is 374 g/mol. The van der Waals surface area contributed by atoms with E-state index in [-0.39, 0.29) is 11.6 Å².